The van der Waals surface area contributed by atoms with Crippen LogP contribution in [0.3, 0.4) is 0 Å². The fourth-order valence-electron chi connectivity index (χ4n) is 8.91. The molecule has 178 valence electrons. The highest BCUT2D eigenvalue weighted by Gasteiger charge is 2.61. The molecule has 0 aliphatic heterocycles. The number of nitrogens with one attached hydrogen (secondary N) is 1. The third kappa shape index (κ3) is 3.76. The molecule has 5 rings (SSSR count). The molecule has 0 aromatic carbocycles. The molecule has 4 saturated carbocycles. The fourth-order valence-corrected chi connectivity index (χ4v) is 8.91. The minimum absolute atomic E-state index is 0.193. The maximum absolute atomic E-state index is 13.3. The van der Waals surface area contributed by atoms with Crippen molar-refractivity contribution in [1.82, 2.24) is 15.2 Å². The van der Waals surface area contributed by atoms with Crippen molar-refractivity contribution >= 4 is 5.78 Å². The highest BCUT2D eigenvalue weighted by molar-refractivity contribution is 5.82. The number of fused-ring (bicyclic) bond motifs is 5. The second-order valence-corrected chi connectivity index (χ2v) is 11.8. The Bertz CT molecular complexity index is 798. The lowest BCUT2D eigenvalue weighted by molar-refractivity contribution is -0.172. The highest BCUT2D eigenvalue weighted by Crippen LogP contribution is 2.67. The van der Waals surface area contributed by atoms with Gasteiger partial charge in [0.25, 0.3) is 0 Å². The molecule has 32 heavy (non-hydrogen) atoms. The molecule has 4 aliphatic rings. The van der Waals surface area contributed by atoms with Crippen molar-refractivity contribution in [2.45, 2.75) is 78.2 Å². The van der Waals surface area contributed by atoms with Crippen LogP contribution in [0.4, 0.5) is 0 Å². The molecule has 1 aromatic rings. The van der Waals surface area contributed by atoms with Gasteiger partial charge in [-0.3, -0.25) is 14.5 Å². The van der Waals surface area contributed by atoms with Crippen molar-refractivity contribution in [3.8, 4) is 0 Å². The van der Waals surface area contributed by atoms with E-state index >= 15 is 0 Å². The van der Waals surface area contributed by atoms with Crippen LogP contribution < -0.4 is 5.64 Å². The van der Waals surface area contributed by atoms with Gasteiger partial charge in [0.15, 0.2) is 5.78 Å². The first-order valence-corrected chi connectivity index (χ1v) is 12.8. The smallest absolute Gasteiger partial charge is 0.156 e. The van der Waals surface area contributed by atoms with Gasteiger partial charge in [-0.1, -0.05) is 19.5 Å². The number of hydrogen-bond acceptors (Lipinski definition) is 5. The lowest BCUT2D eigenvalue weighted by atomic mass is 9.44. The van der Waals surface area contributed by atoms with Crippen molar-refractivity contribution in [2.24, 2.45) is 46.3 Å². The number of imidazole rings is 1. The largest absolute Gasteiger partial charge is 0.330 e. The van der Waals surface area contributed by atoms with Crippen LogP contribution in [-0.2, 0) is 21.0 Å². The average molecular weight is 444 g/mol. The SMILES string of the molecule is CONOC[C@H]1CC[C@@]2(C)C(CC[C@@H]3C2CC[C@@]2(C)C3CC[C@@H]2C(=O)Cn2ccnc2)C1. The van der Waals surface area contributed by atoms with E-state index in [1.54, 1.807) is 19.6 Å². The molecule has 4 aliphatic carbocycles. The van der Waals surface area contributed by atoms with E-state index in [0.29, 0.717) is 23.7 Å². The monoisotopic (exact) mass is 443 g/mol. The molecule has 6 nitrogen and oxygen atoms in total. The van der Waals surface area contributed by atoms with E-state index in [-0.39, 0.29) is 11.3 Å². The number of ketones is 1. The van der Waals surface area contributed by atoms with Crippen molar-refractivity contribution in [3.05, 3.63) is 18.7 Å². The standard InChI is InChI=1S/C26H41N3O3/c1-25-10-8-18(16-32-28-31-3)14-19(25)4-5-20-21-6-7-23(26(21,2)11-9-22(20)25)24(30)15-29-13-12-27-17-29/h12-13,17-23,28H,4-11,14-16H2,1-3H3/t18-,19?,20-,21?,22?,23+,25-,26-/m0/s1. The first-order valence-electron chi connectivity index (χ1n) is 12.8. The zero-order chi connectivity index (χ0) is 22.3. The normalized spacial score (nSPS) is 43.3. The van der Waals surface area contributed by atoms with E-state index < -0.39 is 0 Å². The number of hydrogen-bond donors (Lipinski definition) is 1. The van der Waals surface area contributed by atoms with Gasteiger partial charge in [-0.25, -0.2) is 4.98 Å². The number of Topliss-reactive ketones (excluding diaryl/α,β-unsaturated/α-hetero) is 1. The summed E-state index contributed by atoms with van der Waals surface area (Å²) in [6.07, 6.45) is 16.9. The number of nitrogens with zero attached hydrogens (tertiary/aromatic N) is 2. The molecule has 0 amide bonds. The van der Waals surface area contributed by atoms with Crippen molar-refractivity contribution < 1.29 is 14.5 Å². The van der Waals surface area contributed by atoms with Gasteiger partial charge in [0.2, 0.25) is 0 Å². The summed E-state index contributed by atoms with van der Waals surface area (Å²) in [6, 6.07) is 0. The van der Waals surface area contributed by atoms with Gasteiger partial charge in [0, 0.05) is 18.3 Å². The molecular weight excluding hydrogens is 402 g/mol. The summed E-state index contributed by atoms with van der Waals surface area (Å²) in [6.45, 7) is 6.30. The molecule has 0 radical (unpaired) electrons. The Balaban J connectivity index is 1.27. The zero-order valence-corrected chi connectivity index (χ0v) is 20.1. The average Bonchev–Trinajstić information content (AvgIpc) is 3.41. The molecule has 6 heteroatoms. The van der Waals surface area contributed by atoms with Gasteiger partial charge < -0.3 is 4.57 Å². The second-order valence-electron chi connectivity index (χ2n) is 11.8. The minimum Gasteiger partial charge on any atom is -0.330 e. The molecule has 4 fully saturated rings. The van der Waals surface area contributed by atoms with Crippen LogP contribution in [0, 0.1) is 46.3 Å². The maximum atomic E-state index is 13.3. The molecule has 1 aromatic heterocycles. The zero-order valence-electron chi connectivity index (χ0n) is 20.1. The van der Waals surface area contributed by atoms with E-state index in [0.717, 1.165) is 36.7 Å². The quantitative estimate of drug-likeness (QED) is 0.484. The van der Waals surface area contributed by atoms with Crippen molar-refractivity contribution in [1.29, 1.82) is 0 Å². The minimum atomic E-state index is 0.193. The van der Waals surface area contributed by atoms with Crippen LogP contribution in [0.15, 0.2) is 18.7 Å². The predicted octanol–water partition coefficient (Wildman–Crippen LogP) is 4.81. The molecular formula is C26H41N3O3. The number of rotatable bonds is 7. The van der Waals surface area contributed by atoms with Crippen molar-refractivity contribution in [2.75, 3.05) is 13.7 Å². The third-order valence-electron chi connectivity index (χ3n) is 10.5. The second kappa shape index (κ2) is 8.84. The Kier molecular flexibility index (Phi) is 6.23. The number of carbonyl (C=O) groups excluding carboxylic acids is 1. The molecule has 1 heterocycles. The lowest BCUT2D eigenvalue weighted by Gasteiger charge is -2.61. The Morgan fingerprint density at radius 2 is 1.91 bits per heavy atom. The van der Waals surface area contributed by atoms with E-state index in [2.05, 4.69) is 24.5 Å². The first kappa shape index (κ1) is 22.5. The van der Waals surface area contributed by atoms with Crippen LogP contribution in [0.2, 0.25) is 0 Å². The van der Waals surface area contributed by atoms with Crippen LogP contribution in [0.1, 0.15) is 71.6 Å². The van der Waals surface area contributed by atoms with Gasteiger partial charge >= 0.3 is 0 Å². The summed E-state index contributed by atoms with van der Waals surface area (Å²) < 4.78 is 1.95. The van der Waals surface area contributed by atoms with E-state index in [1.807, 2.05) is 10.8 Å². The summed E-state index contributed by atoms with van der Waals surface area (Å²) in [5, 5.41) is 0. The maximum Gasteiger partial charge on any atom is 0.156 e. The van der Waals surface area contributed by atoms with E-state index in [4.69, 9.17) is 9.68 Å². The summed E-state index contributed by atoms with van der Waals surface area (Å²) in [5.74, 6) is 4.47. The first-order chi connectivity index (χ1) is 15.5. The Hall–Kier alpha value is -1.24. The van der Waals surface area contributed by atoms with Gasteiger partial charge in [-0.2, -0.15) is 0 Å². The van der Waals surface area contributed by atoms with Crippen LogP contribution >= 0.6 is 0 Å². The molecule has 8 atom stereocenters. The van der Waals surface area contributed by atoms with Crippen LogP contribution in [0.25, 0.3) is 0 Å². The number of carbonyl (C=O) groups is 1. The topological polar surface area (TPSA) is 65.4 Å². The third-order valence-corrected chi connectivity index (χ3v) is 10.5. The van der Waals surface area contributed by atoms with Crippen LogP contribution in [0.5, 0.6) is 0 Å². The molecule has 1 N–H and O–H groups in total. The Morgan fingerprint density at radius 1 is 1.09 bits per heavy atom. The molecule has 0 spiro atoms. The van der Waals surface area contributed by atoms with Gasteiger partial charge in [-0.05, 0) is 98.2 Å². The Morgan fingerprint density at radius 3 is 2.69 bits per heavy atom. The van der Waals surface area contributed by atoms with Gasteiger partial charge in [0.1, 0.15) is 0 Å². The summed E-state index contributed by atoms with van der Waals surface area (Å²) in [7, 11) is 1.59. The van der Waals surface area contributed by atoms with Gasteiger partial charge in [0.05, 0.1) is 26.6 Å². The highest BCUT2D eigenvalue weighted by atomic mass is 16.9. The molecule has 0 saturated heterocycles. The summed E-state index contributed by atoms with van der Waals surface area (Å²) in [4.78, 5) is 27.7. The summed E-state index contributed by atoms with van der Waals surface area (Å²) >= 11 is 0. The number of aromatic nitrogens is 2. The van der Waals surface area contributed by atoms with Crippen molar-refractivity contribution in [3.63, 3.8) is 0 Å². The predicted molar refractivity (Wildman–Crippen MR) is 122 cm³/mol. The Labute approximate surface area is 192 Å². The van der Waals surface area contributed by atoms with Crippen LogP contribution in [-0.4, -0.2) is 29.1 Å². The molecule has 0 bridgehead atoms. The fraction of sp³-hybridized carbons (Fsp3) is 0.846. The summed E-state index contributed by atoms with van der Waals surface area (Å²) in [5.41, 5.74) is 3.21. The van der Waals surface area contributed by atoms with Gasteiger partial charge in [-0.15, -0.1) is 0 Å². The van der Waals surface area contributed by atoms with E-state index in [1.165, 1.54) is 51.4 Å². The molecule has 3 unspecified atom stereocenters. The van der Waals surface area contributed by atoms with E-state index in [9.17, 15) is 4.79 Å². The lowest BCUT2D eigenvalue weighted by Crippen LogP contribution is -2.54.